The molecule has 0 spiro atoms. The SMILES string of the molecule is COCOc1cc(Cl)ccc1-c1cnc(Cl)nn1. The molecule has 1 aromatic heterocycles. The molecule has 94 valence electrons. The van der Waals surface area contributed by atoms with Gasteiger partial charge in [-0.25, -0.2) is 4.98 Å². The van der Waals surface area contributed by atoms with Gasteiger partial charge in [-0.15, -0.1) is 10.2 Å². The van der Waals surface area contributed by atoms with Crippen molar-refractivity contribution < 1.29 is 9.47 Å². The summed E-state index contributed by atoms with van der Waals surface area (Å²) < 4.78 is 10.3. The van der Waals surface area contributed by atoms with Gasteiger partial charge in [0.05, 0.1) is 6.20 Å². The topological polar surface area (TPSA) is 57.1 Å². The Morgan fingerprint density at radius 2 is 2.06 bits per heavy atom. The van der Waals surface area contributed by atoms with Crippen LogP contribution in [0.1, 0.15) is 0 Å². The Bertz CT molecular complexity index is 534. The number of benzene rings is 1. The maximum atomic E-state index is 5.91. The molecule has 0 atom stereocenters. The molecule has 0 saturated heterocycles. The summed E-state index contributed by atoms with van der Waals surface area (Å²) in [5, 5.41) is 8.27. The van der Waals surface area contributed by atoms with Gasteiger partial charge in [0, 0.05) is 17.7 Å². The van der Waals surface area contributed by atoms with E-state index in [-0.39, 0.29) is 12.1 Å². The van der Waals surface area contributed by atoms with Gasteiger partial charge in [0.25, 0.3) is 0 Å². The molecular formula is C11H9Cl2N3O2. The van der Waals surface area contributed by atoms with E-state index in [1.54, 1.807) is 18.2 Å². The highest BCUT2D eigenvalue weighted by molar-refractivity contribution is 6.30. The standard InChI is InChI=1S/C11H9Cl2N3O2/c1-17-6-18-10-4-7(12)2-3-8(10)9-5-14-11(13)16-15-9/h2-5H,6H2,1H3. The number of ether oxygens (including phenoxy) is 2. The smallest absolute Gasteiger partial charge is 0.242 e. The van der Waals surface area contributed by atoms with Crippen molar-refractivity contribution in [1.82, 2.24) is 15.2 Å². The van der Waals surface area contributed by atoms with Crippen molar-refractivity contribution in [3.05, 3.63) is 34.7 Å². The van der Waals surface area contributed by atoms with Crippen LogP contribution in [0.25, 0.3) is 11.3 Å². The Labute approximate surface area is 114 Å². The summed E-state index contributed by atoms with van der Waals surface area (Å²) in [5.41, 5.74) is 1.26. The van der Waals surface area contributed by atoms with Crippen LogP contribution < -0.4 is 4.74 Å². The molecule has 1 aromatic carbocycles. The monoisotopic (exact) mass is 285 g/mol. The number of hydrogen-bond donors (Lipinski definition) is 0. The van der Waals surface area contributed by atoms with E-state index in [4.69, 9.17) is 32.7 Å². The zero-order valence-electron chi connectivity index (χ0n) is 9.43. The lowest BCUT2D eigenvalue weighted by atomic mass is 10.1. The highest BCUT2D eigenvalue weighted by Gasteiger charge is 2.10. The van der Waals surface area contributed by atoms with E-state index in [9.17, 15) is 0 Å². The summed E-state index contributed by atoms with van der Waals surface area (Å²) in [4.78, 5) is 3.87. The number of methoxy groups -OCH3 is 1. The van der Waals surface area contributed by atoms with Gasteiger partial charge in [0.2, 0.25) is 5.28 Å². The van der Waals surface area contributed by atoms with Crippen molar-refractivity contribution in [3.63, 3.8) is 0 Å². The highest BCUT2D eigenvalue weighted by atomic mass is 35.5. The predicted molar refractivity (Wildman–Crippen MR) is 67.8 cm³/mol. The van der Waals surface area contributed by atoms with Gasteiger partial charge in [-0.05, 0) is 29.8 Å². The van der Waals surface area contributed by atoms with Crippen LogP contribution in [0.3, 0.4) is 0 Å². The summed E-state index contributed by atoms with van der Waals surface area (Å²) >= 11 is 11.5. The number of halogens is 2. The van der Waals surface area contributed by atoms with E-state index < -0.39 is 0 Å². The molecule has 2 aromatic rings. The lowest BCUT2D eigenvalue weighted by molar-refractivity contribution is 0.0515. The van der Waals surface area contributed by atoms with Gasteiger partial charge in [-0.3, -0.25) is 0 Å². The van der Waals surface area contributed by atoms with Crippen LogP contribution in [0.5, 0.6) is 5.75 Å². The highest BCUT2D eigenvalue weighted by Crippen LogP contribution is 2.30. The van der Waals surface area contributed by atoms with Gasteiger partial charge >= 0.3 is 0 Å². The van der Waals surface area contributed by atoms with Gasteiger partial charge in [-0.2, -0.15) is 0 Å². The second-order valence-corrected chi connectivity index (χ2v) is 4.08. The predicted octanol–water partition coefficient (Wildman–Crippen LogP) is 2.83. The van der Waals surface area contributed by atoms with E-state index >= 15 is 0 Å². The molecule has 18 heavy (non-hydrogen) atoms. The van der Waals surface area contributed by atoms with E-state index in [0.717, 1.165) is 0 Å². The Kier molecular flexibility index (Phi) is 4.30. The van der Waals surface area contributed by atoms with Crippen molar-refractivity contribution in [2.45, 2.75) is 0 Å². The fourth-order valence-electron chi connectivity index (χ4n) is 1.33. The Morgan fingerprint density at radius 3 is 2.72 bits per heavy atom. The van der Waals surface area contributed by atoms with Crippen molar-refractivity contribution in [2.75, 3.05) is 13.9 Å². The van der Waals surface area contributed by atoms with E-state index in [1.807, 2.05) is 0 Å². The Balaban J connectivity index is 2.39. The summed E-state index contributed by atoms with van der Waals surface area (Å²) in [6.07, 6.45) is 1.51. The van der Waals surface area contributed by atoms with Gasteiger partial charge in [-0.1, -0.05) is 11.6 Å². The molecule has 7 heteroatoms. The van der Waals surface area contributed by atoms with Crippen molar-refractivity contribution in [2.24, 2.45) is 0 Å². The molecule has 0 N–H and O–H groups in total. The second-order valence-electron chi connectivity index (χ2n) is 3.30. The third-order valence-electron chi connectivity index (χ3n) is 2.09. The molecule has 0 aliphatic heterocycles. The molecule has 0 radical (unpaired) electrons. The average molecular weight is 286 g/mol. The molecule has 2 rings (SSSR count). The first-order valence-electron chi connectivity index (χ1n) is 4.97. The average Bonchev–Trinajstić information content (AvgIpc) is 2.38. The van der Waals surface area contributed by atoms with Crippen molar-refractivity contribution in [1.29, 1.82) is 0 Å². The van der Waals surface area contributed by atoms with E-state index in [2.05, 4.69) is 15.2 Å². The Hall–Kier alpha value is -1.43. The Morgan fingerprint density at radius 1 is 1.22 bits per heavy atom. The minimum absolute atomic E-state index is 0.0899. The molecule has 0 saturated carbocycles. The molecule has 0 amide bonds. The molecule has 0 unspecified atom stereocenters. The zero-order chi connectivity index (χ0) is 13.0. The van der Waals surface area contributed by atoms with Crippen LogP contribution in [-0.2, 0) is 4.74 Å². The minimum atomic E-state index is 0.0899. The number of aromatic nitrogens is 3. The number of nitrogens with zero attached hydrogens (tertiary/aromatic N) is 3. The van der Waals surface area contributed by atoms with Gasteiger partial charge in [0.15, 0.2) is 6.79 Å². The summed E-state index contributed by atoms with van der Waals surface area (Å²) in [6, 6.07) is 5.17. The van der Waals surface area contributed by atoms with Gasteiger partial charge < -0.3 is 9.47 Å². The first kappa shape index (κ1) is 13.0. The van der Waals surface area contributed by atoms with Crippen LogP contribution in [0, 0.1) is 0 Å². The van der Waals surface area contributed by atoms with Crippen LogP contribution >= 0.6 is 23.2 Å². The first-order valence-corrected chi connectivity index (χ1v) is 5.73. The molecular weight excluding hydrogens is 277 g/mol. The summed E-state index contributed by atoms with van der Waals surface area (Å²) in [6.45, 7) is 0.113. The third-order valence-corrected chi connectivity index (χ3v) is 2.49. The van der Waals surface area contributed by atoms with E-state index in [1.165, 1.54) is 13.3 Å². The second kappa shape index (κ2) is 5.95. The zero-order valence-corrected chi connectivity index (χ0v) is 10.9. The quantitative estimate of drug-likeness (QED) is 0.809. The molecule has 0 bridgehead atoms. The molecule has 5 nitrogen and oxygen atoms in total. The van der Waals surface area contributed by atoms with E-state index in [0.29, 0.717) is 22.0 Å². The first-order chi connectivity index (χ1) is 8.70. The van der Waals surface area contributed by atoms with Crippen LogP contribution in [0.2, 0.25) is 10.3 Å². The lowest BCUT2D eigenvalue weighted by Gasteiger charge is -2.10. The van der Waals surface area contributed by atoms with Crippen LogP contribution in [0.4, 0.5) is 0 Å². The molecule has 0 aliphatic carbocycles. The fraction of sp³-hybridized carbons (Fsp3) is 0.182. The molecule has 0 aliphatic rings. The third kappa shape index (κ3) is 3.07. The number of rotatable bonds is 4. The molecule has 0 fully saturated rings. The summed E-state index contributed by atoms with van der Waals surface area (Å²) in [7, 11) is 1.54. The fourth-order valence-corrected chi connectivity index (χ4v) is 1.58. The largest absolute Gasteiger partial charge is 0.467 e. The van der Waals surface area contributed by atoms with Crippen LogP contribution in [-0.4, -0.2) is 29.1 Å². The lowest BCUT2D eigenvalue weighted by Crippen LogP contribution is -2.01. The van der Waals surface area contributed by atoms with Gasteiger partial charge in [0.1, 0.15) is 11.4 Å². The van der Waals surface area contributed by atoms with Crippen LogP contribution in [0.15, 0.2) is 24.4 Å². The minimum Gasteiger partial charge on any atom is -0.467 e. The number of hydrogen-bond acceptors (Lipinski definition) is 5. The maximum Gasteiger partial charge on any atom is 0.242 e. The van der Waals surface area contributed by atoms with Crippen molar-refractivity contribution in [3.8, 4) is 17.0 Å². The normalized spacial score (nSPS) is 10.4. The molecule has 1 heterocycles. The van der Waals surface area contributed by atoms with Crippen molar-refractivity contribution >= 4 is 23.2 Å². The maximum absolute atomic E-state index is 5.91. The summed E-state index contributed by atoms with van der Waals surface area (Å²) in [5.74, 6) is 0.544.